The number of aromatic nitrogens is 1. The van der Waals surface area contributed by atoms with Crippen molar-refractivity contribution in [3.8, 4) is 0 Å². The second kappa shape index (κ2) is 9.92. The van der Waals surface area contributed by atoms with Crippen LogP contribution in [-0.4, -0.2) is 53.2 Å². The molecule has 0 bridgehead atoms. The number of anilines is 1. The number of imide groups is 1. The molecule has 0 spiro atoms. The molecule has 31 heavy (non-hydrogen) atoms. The number of nitrogens with zero attached hydrogens (tertiary/aromatic N) is 3. The van der Waals surface area contributed by atoms with Gasteiger partial charge in [-0.15, -0.1) is 0 Å². The van der Waals surface area contributed by atoms with Crippen LogP contribution in [0.5, 0.6) is 0 Å². The quantitative estimate of drug-likeness (QED) is 0.788. The maximum Gasteiger partial charge on any atom is 0.417 e. The van der Waals surface area contributed by atoms with Gasteiger partial charge in [0.05, 0.1) is 0 Å². The molecule has 2 N–H and O–H groups in total. The fraction of sp³-hybridized carbons (Fsp3) is 0.458. The highest BCUT2D eigenvalue weighted by molar-refractivity contribution is 6.03. The van der Waals surface area contributed by atoms with E-state index in [9.17, 15) is 9.59 Å². The van der Waals surface area contributed by atoms with Gasteiger partial charge in [-0.2, -0.15) is 0 Å². The summed E-state index contributed by atoms with van der Waals surface area (Å²) >= 11 is 0. The fourth-order valence-corrected chi connectivity index (χ4v) is 3.77. The lowest BCUT2D eigenvalue weighted by Gasteiger charge is -2.38. The molecule has 7 nitrogen and oxygen atoms in total. The van der Waals surface area contributed by atoms with Crippen LogP contribution in [-0.2, 0) is 11.2 Å². The van der Waals surface area contributed by atoms with Crippen molar-refractivity contribution in [3.05, 3.63) is 59.9 Å². The largest absolute Gasteiger partial charge is 0.443 e. The summed E-state index contributed by atoms with van der Waals surface area (Å²) in [7, 11) is 0. The molecule has 3 rings (SSSR count). The molecule has 0 atom stereocenters. The Labute approximate surface area is 184 Å². The van der Waals surface area contributed by atoms with Crippen molar-refractivity contribution < 1.29 is 14.3 Å². The number of nitrogens with two attached hydrogens (primary N) is 1. The van der Waals surface area contributed by atoms with Crippen LogP contribution in [0.2, 0.25) is 0 Å². The summed E-state index contributed by atoms with van der Waals surface area (Å²) in [5.74, 6) is -0.323. The van der Waals surface area contributed by atoms with E-state index in [2.05, 4.69) is 9.88 Å². The average Bonchev–Trinajstić information content (AvgIpc) is 2.74. The van der Waals surface area contributed by atoms with E-state index in [-0.39, 0.29) is 11.9 Å². The molecule has 0 unspecified atom stereocenters. The summed E-state index contributed by atoms with van der Waals surface area (Å²) in [5.41, 5.74) is 7.56. The number of carbonyl (C=O) groups excluding carboxylic acids is 2. The maximum atomic E-state index is 13.4. The fourth-order valence-electron chi connectivity index (χ4n) is 3.77. The second-order valence-electron chi connectivity index (χ2n) is 8.81. The van der Waals surface area contributed by atoms with Crippen molar-refractivity contribution in [1.29, 1.82) is 0 Å². The van der Waals surface area contributed by atoms with Crippen LogP contribution < -0.4 is 10.6 Å². The van der Waals surface area contributed by atoms with Gasteiger partial charge in [0.15, 0.2) is 0 Å². The normalized spacial score (nSPS) is 14.9. The first-order valence-corrected chi connectivity index (χ1v) is 10.8. The minimum absolute atomic E-state index is 0.218. The van der Waals surface area contributed by atoms with Crippen LogP contribution in [0.4, 0.5) is 10.5 Å². The number of ether oxygens (including phenoxy) is 1. The van der Waals surface area contributed by atoms with Gasteiger partial charge in [0.1, 0.15) is 5.60 Å². The third-order valence-electron chi connectivity index (χ3n) is 5.30. The monoisotopic (exact) mass is 424 g/mol. The number of rotatable bonds is 5. The Bertz CT molecular complexity index is 870. The number of amides is 2. The molecule has 7 heteroatoms. The molecule has 2 aromatic rings. The zero-order valence-electron chi connectivity index (χ0n) is 18.6. The molecule has 1 aliphatic heterocycles. The van der Waals surface area contributed by atoms with Crippen molar-refractivity contribution in [2.75, 3.05) is 24.5 Å². The molecular formula is C24H32N4O3. The van der Waals surface area contributed by atoms with Crippen LogP contribution in [0.25, 0.3) is 0 Å². The van der Waals surface area contributed by atoms with Crippen LogP contribution in [0.3, 0.4) is 0 Å². The first kappa shape index (κ1) is 22.7. The molecule has 1 aromatic carbocycles. The molecule has 2 amide bonds. The first-order chi connectivity index (χ1) is 14.8. The van der Waals surface area contributed by atoms with E-state index in [1.807, 2.05) is 24.3 Å². The molecule has 0 aliphatic carbocycles. The minimum Gasteiger partial charge on any atom is -0.443 e. The van der Waals surface area contributed by atoms with Crippen LogP contribution in [0.1, 0.15) is 49.5 Å². The number of hydrogen-bond donors (Lipinski definition) is 1. The van der Waals surface area contributed by atoms with Crippen LogP contribution >= 0.6 is 0 Å². The van der Waals surface area contributed by atoms with Gasteiger partial charge in [-0.25, -0.2) is 9.69 Å². The Balaban J connectivity index is 1.78. The van der Waals surface area contributed by atoms with E-state index < -0.39 is 11.7 Å². The van der Waals surface area contributed by atoms with Gasteiger partial charge in [0.25, 0.3) is 5.91 Å². The van der Waals surface area contributed by atoms with Gasteiger partial charge >= 0.3 is 6.09 Å². The topological polar surface area (TPSA) is 88.8 Å². The summed E-state index contributed by atoms with van der Waals surface area (Å²) < 4.78 is 5.60. The van der Waals surface area contributed by atoms with E-state index in [0.29, 0.717) is 24.9 Å². The lowest BCUT2D eigenvalue weighted by Crippen LogP contribution is -2.51. The van der Waals surface area contributed by atoms with E-state index in [1.54, 1.807) is 45.3 Å². The summed E-state index contributed by atoms with van der Waals surface area (Å²) in [6.45, 7) is 7.46. The van der Waals surface area contributed by atoms with Gasteiger partial charge in [-0.3, -0.25) is 9.78 Å². The molecule has 1 saturated heterocycles. The predicted molar refractivity (Wildman–Crippen MR) is 121 cm³/mol. The Kier molecular flexibility index (Phi) is 7.28. The van der Waals surface area contributed by atoms with Gasteiger partial charge in [0, 0.05) is 42.8 Å². The SMILES string of the molecule is CC(C)(C)OC(=O)N(C(=O)c1ccc(CCN)cc1)C1CCN(c2ccncc2)CC1. The van der Waals surface area contributed by atoms with E-state index in [0.717, 1.165) is 30.8 Å². The number of carbonyl (C=O) groups is 2. The maximum absolute atomic E-state index is 13.4. The standard InChI is InChI=1S/C24H32N4O3/c1-24(2,3)31-23(30)28(22(29)19-6-4-18(5-7-19)8-13-25)21-11-16-27(17-12-21)20-9-14-26-15-10-20/h4-7,9-10,14-15,21H,8,11-13,16-17,25H2,1-3H3. The van der Waals surface area contributed by atoms with Crippen molar-refractivity contribution in [3.63, 3.8) is 0 Å². The first-order valence-electron chi connectivity index (χ1n) is 10.8. The molecule has 0 saturated carbocycles. The third kappa shape index (κ3) is 6.04. The molecule has 166 valence electrons. The molecular weight excluding hydrogens is 392 g/mol. The summed E-state index contributed by atoms with van der Waals surface area (Å²) in [4.78, 5) is 34.0. The molecule has 1 aromatic heterocycles. The number of hydrogen-bond acceptors (Lipinski definition) is 6. The van der Waals surface area contributed by atoms with Crippen LogP contribution in [0.15, 0.2) is 48.8 Å². The lowest BCUT2D eigenvalue weighted by atomic mass is 10.0. The lowest BCUT2D eigenvalue weighted by molar-refractivity contribution is 0.0144. The zero-order valence-corrected chi connectivity index (χ0v) is 18.6. The smallest absolute Gasteiger partial charge is 0.417 e. The van der Waals surface area contributed by atoms with Crippen molar-refractivity contribution in [1.82, 2.24) is 9.88 Å². The van der Waals surface area contributed by atoms with Crippen molar-refractivity contribution >= 4 is 17.7 Å². The molecule has 1 fully saturated rings. The van der Waals surface area contributed by atoms with Gasteiger partial charge in [-0.1, -0.05) is 12.1 Å². The van der Waals surface area contributed by atoms with Gasteiger partial charge in [0.2, 0.25) is 0 Å². The van der Waals surface area contributed by atoms with E-state index in [4.69, 9.17) is 10.5 Å². The summed E-state index contributed by atoms with van der Waals surface area (Å²) in [6.07, 6.45) is 5.05. The van der Waals surface area contributed by atoms with Crippen molar-refractivity contribution in [2.45, 2.75) is 51.7 Å². The third-order valence-corrected chi connectivity index (χ3v) is 5.30. The number of pyridine rings is 1. The Morgan fingerprint density at radius 1 is 1.10 bits per heavy atom. The Hall–Kier alpha value is -2.93. The van der Waals surface area contributed by atoms with Gasteiger partial charge < -0.3 is 15.4 Å². The molecule has 1 aliphatic rings. The van der Waals surface area contributed by atoms with Crippen LogP contribution in [0, 0.1) is 0 Å². The van der Waals surface area contributed by atoms with E-state index in [1.165, 1.54) is 4.90 Å². The highest BCUT2D eigenvalue weighted by Crippen LogP contribution is 2.25. The zero-order chi connectivity index (χ0) is 22.4. The Morgan fingerprint density at radius 2 is 1.71 bits per heavy atom. The predicted octanol–water partition coefficient (Wildman–Crippen LogP) is 3.63. The number of piperidine rings is 1. The average molecular weight is 425 g/mol. The highest BCUT2D eigenvalue weighted by Gasteiger charge is 2.36. The minimum atomic E-state index is -0.682. The molecule has 0 radical (unpaired) electrons. The highest BCUT2D eigenvalue weighted by atomic mass is 16.6. The van der Waals surface area contributed by atoms with Crippen molar-refractivity contribution in [2.24, 2.45) is 5.73 Å². The Morgan fingerprint density at radius 3 is 2.26 bits per heavy atom. The van der Waals surface area contributed by atoms with Gasteiger partial charge in [-0.05, 0) is 76.4 Å². The second-order valence-corrected chi connectivity index (χ2v) is 8.81. The van der Waals surface area contributed by atoms with E-state index >= 15 is 0 Å². The summed E-state index contributed by atoms with van der Waals surface area (Å²) in [5, 5.41) is 0. The number of benzene rings is 1. The molecule has 2 heterocycles. The summed E-state index contributed by atoms with van der Waals surface area (Å²) in [6, 6.07) is 11.0.